The van der Waals surface area contributed by atoms with Gasteiger partial charge in [0.25, 0.3) is 0 Å². The van der Waals surface area contributed by atoms with E-state index in [1.54, 1.807) is 4.90 Å². The molecule has 2 aliphatic heterocycles. The van der Waals surface area contributed by atoms with Gasteiger partial charge in [0.15, 0.2) is 14.6 Å². The van der Waals surface area contributed by atoms with E-state index in [0.717, 1.165) is 22.3 Å². The Hall–Kier alpha value is -2.18. The molecule has 4 rings (SSSR count). The third-order valence-corrected chi connectivity index (χ3v) is 7.85. The van der Waals surface area contributed by atoms with Gasteiger partial charge >= 0.3 is 0 Å². The Bertz CT molecular complexity index is 931. The normalized spacial score (nSPS) is 18.9. The predicted molar refractivity (Wildman–Crippen MR) is 106 cm³/mol. The number of fused-ring (bicyclic) bond motifs is 3. The zero-order valence-corrected chi connectivity index (χ0v) is 16.3. The molecule has 1 saturated heterocycles. The van der Waals surface area contributed by atoms with Gasteiger partial charge < -0.3 is 10.2 Å². The third-order valence-electron chi connectivity index (χ3n) is 5.85. The van der Waals surface area contributed by atoms with Crippen LogP contribution in [-0.2, 0) is 27.7 Å². The van der Waals surface area contributed by atoms with Crippen LogP contribution in [0.4, 0.5) is 0 Å². The molecule has 2 aromatic rings. The van der Waals surface area contributed by atoms with Crippen molar-refractivity contribution in [3.05, 3.63) is 59.7 Å². The molecule has 0 spiro atoms. The molecule has 142 valence electrons. The van der Waals surface area contributed by atoms with Crippen molar-refractivity contribution in [3.63, 3.8) is 0 Å². The van der Waals surface area contributed by atoms with Gasteiger partial charge in [0.05, 0.1) is 0 Å². The lowest BCUT2D eigenvalue weighted by molar-refractivity contribution is -0.136. The SMILES string of the molecule is CS(=O)(=O)C1(C(=O)N2Cc3ccccc3-c3ccccc3C2)CCNCC1. The first-order chi connectivity index (χ1) is 12.9. The second-order valence-corrected chi connectivity index (χ2v) is 9.82. The highest BCUT2D eigenvalue weighted by molar-refractivity contribution is 7.92. The maximum absolute atomic E-state index is 13.6. The number of benzene rings is 2. The molecule has 0 aliphatic carbocycles. The van der Waals surface area contributed by atoms with Crippen molar-refractivity contribution in [2.45, 2.75) is 30.7 Å². The van der Waals surface area contributed by atoms with Crippen LogP contribution in [0.1, 0.15) is 24.0 Å². The van der Waals surface area contributed by atoms with Crippen molar-refractivity contribution in [2.24, 2.45) is 0 Å². The minimum Gasteiger partial charge on any atom is -0.333 e. The second-order valence-electron chi connectivity index (χ2n) is 7.49. The van der Waals surface area contributed by atoms with Gasteiger partial charge in [-0.05, 0) is 48.2 Å². The Labute approximate surface area is 160 Å². The van der Waals surface area contributed by atoms with Gasteiger partial charge in [-0.3, -0.25) is 4.79 Å². The summed E-state index contributed by atoms with van der Waals surface area (Å²) in [5, 5.41) is 3.18. The molecule has 0 saturated carbocycles. The highest BCUT2D eigenvalue weighted by atomic mass is 32.2. The molecule has 0 radical (unpaired) electrons. The monoisotopic (exact) mass is 384 g/mol. The van der Waals surface area contributed by atoms with Crippen molar-refractivity contribution in [1.29, 1.82) is 0 Å². The number of piperidine rings is 1. The van der Waals surface area contributed by atoms with Crippen LogP contribution in [0, 0.1) is 0 Å². The number of sulfone groups is 1. The molecule has 27 heavy (non-hydrogen) atoms. The Balaban J connectivity index is 1.80. The molecule has 1 N–H and O–H groups in total. The Morgan fingerprint density at radius 1 is 0.926 bits per heavy atom. The number of rotatable bonds is 2. The van der Waals surface area contributed by atoms with Gasteiger partial charge in [0.2, 0.25) is 5.91 Å². The second kappa shape index (κ2) is 6.77. The molecule has 0 bridgehead atoms. The first kappa shape index (κ1) is 18.2. The van der Waals surface area contributed by atoms with Crippen LogP contribution in [0.2, 0.25) is 0 Å². The molecule has 0 atom stereocenters. The molecule has 2 aromatic carbocycles. The van der Waals surface area contributed by atoms with Crippen molar-refractivity contribution >= 4 is 15.7 Å². The fourth-order valence-corrected chi connectivity index (χ4v) is 5.71. The van der Waals surface area contributed by atoms with E-state index in [1.165, 1.54) is 6.26 Å². The van der Waals surface area contributed by atoms with Crippen LogP contribution in [0.25, 0.3) is 11.1 Å². The van der Waals surface area contributed by atoms with E-state index in [0.29, 0.717) is 39.0 Å². The summed E-state index contributed by atoms with van der Waals surface area (Å²) in [6, 6.07) is 16.1. The van der Waals surface area contributed by atoms with E-state index in [4.69, 9.17) is 0 Å². The lowest BCUT2D eigenvalue weighted by Gasteiger charge is -2.38. The van der Waals surface area contributed by atoms with Gasteiger partial charge in [-0.15, -0.1) is 0 Å². The smallest absolute Gasteiger partial charge is 0.244 e. The number of nitrogens with zero attached hydrogens (tertiary/aromatic N) is 1. The topological polar surface area (TPSA) is 66.5 Å². The number of nitrogens with one attached hydrogen (secondary N) is 1. The maximum Gasteiger partial charge on any atom is 0.244 e. The summed E-state index contributed by atoms with van der Waals surface area (Å²) in [6.07, 6.45) is 1.85. The maximum atomic E-state index is 13.6. The molecule has 0 unspecified atom stereocenters. The van der Waals surface area contributed by atoms with Crippen molar-refractivity contribution in [2.75, 3.05) is 19.3 Å². The van der Waals surface area contributed by atoms with E-state index in [-0.39, 0.29) is 5.91 Å². The van der Waals surface area contributed by atoms with E-state index >= 15 is 0 Å². The van der Waals surface area contributed by atoms with Crippen LogP contribution < -0.4 is 5.32 Å². The molecular weight excluding hydrogens is 360 g/mol. The first-order valence-electron chi connectivity index (χ1n) is 9.28. The first-order valence-corrected chi connectivity index (χ1v) is 11.2. The quantitative estimate of drug-likeness (QED) is 0.863. The summed E-state index contributed by atoms with van der Waals surface area (Å²) in [5.74, 6) is -0.266. The summed E-state index contributed by atoms with van der Waals surface area (Å²) >= 11 is 0. The average molecular weight is 385 g/mol. The summed E-state index contributed by atoms with van der Waals surface area (Å²) in [4.78, 5) is 15.3. The van der Waals surface area contributed by atoms with Crippen LogP contribution in [0.3, 0.4) is 0 Å². The molecular formula is C21H24N2O3S. The van der Waals surface area contributed by atoms with Crippen LogP contribution >= 0.6 is 0 Å². The van der Waals surface area contributed by atoms with Gasteiger partial charge in [-0.1, -0.05) is 48.5 Å². The van der Waals surface area contributed by atoms with Gasteiger partial charge in [-0.2, -0.15) is 0 Å². The van der Waals surface area contributed by atoms with Gasteiger partial charge in [-0.25, -0.2) is 8.42 Å². The van der Waals surface area contributed by atoms with E-state index in [2.05, 4.69) is 17.4 Å². The number of carbonyl (C=O) groups excluding carboxylic acids is 1. The number of amides is 1. The number of hydrogen-bond donors (Lipinski definition) is 1. The number of hydrogen-bond acceptors (Lipinski definition) is 4. The highest BCUT2D eigenvalue weighted by Gasteiger charge is 2.50. The lowest BCUT2D eigenvalue weighted by atomic mass is 9.94. The molecule has 0 aromatic heterocycles. The molecule has 1 amide bonds. The fraction of sp³-hybridized carbons (Fsp3) is 0.381. The number of carbonyl (C=O) groups is 1. The summed E-state index contributed by atoms with van der Waals surface area (Å²) in [5.41, 5.74) is 4.33. The van der Waals surface area contributed by atoms with Crippen molar-refractivity contribution in [1.82, 2.24) is 10.2 Å². The van der Waals surface area contributed by atoms with Gasteiger partial charge in [0, 0.05) is 19.3 Å². The zero-order chi connectivity index (χ0) is 19.1. The third kappa shape index (κ3) is 3.07. The average Bonchev–Trinajstić information content (AvgIpc) is 2.84. The van der Waals surface area contributed by atoms with E-state index in [1.807, 2.05) is 36.4 Å². The molecule has 5 nitrogen and oxygen atoms in total. The molecule has 6 heteroatoms. The fourth-order valence-electron chi connectivity index (χ4n) is 4.31. The molecule has 2 heterocycles. The molecule has 2 aliphatic rings. The Kier molecular flexibility index (Phi) is 4.56. The van der Waals surface area contributed by atoms with Crippen LogP contribution in [0.15, 0.2) is 48.5 Å². The van der Waals surface area contributed by atoms with Crippen LogP contribution in [-0.4, -0.2) is 43.3 Å². The summed E-state index contributed by atoms with van der Waals surface area (Å²) in [7, 11) is -3.53. The van der Waals surface area contributed by atoms with Gasteiger partial charge in [0.1, 0.15) is 0 Å². The highest BCUT2D eigenvalue weighted by Crippen LogP contribution is 2.36. The van der Waals surface area contributed by atoms with Crippen LogP contribution in [0.5, 0.6) is 0 Å². The van der Waals surface area contributed by atoms with Crippen molar-refractivity contribution in [3.8, 4) is 11.1 Å². The lowest BCUT2D eigenvalue weighted by Crippen LogP contribution is -2.57. The Morgan fingerprint density at radius 3 is 1.89 bits per heavy atom. The minimum absolute atomic E-state index is 0.266. The summed E-state index contributed by atoms with van der Waals surface area (Å²) < 4.78 is 24.1. The minimum atomic E-state index is -3.53. The van der Waals surface area contributed by atoms with E-state index < -0.39 is 14.6 Å². The Morgan fingerprint density at radius 2 is 1.41 bits per heavy atom. The summed E-state index contributed by atoms with van der Waals surface area (Å²) in [6.45, 7) is 1.93. The predicted octanol–water partition coefficient (Wildman–Crippen LogP) is 2.36. The molecule has 1 fully saturated rings. The van der Waals surface area contributed by atoms with Crippen molar-refractivity contribution < 1.29 is 13.2 Å². The standard InChI is InChI=1S/C21H24N2O3S/c1-27(25,26)21(10-12-22-13-11-21)20(24)23-14-16-6-2-4-8-18(16)19-9-5-3-7-17(19)15-23/h2-9,22H,10-15H2,1H3. The zero-order valence-electron chi connectivity index (χ0n) is 15.4. The van der Waals surface area contributed by atoms with E-state index in [9.17, 15) is 13.2 Å². The largest absolute Gasteiger partial charge is 0.333 e.